The standard InChI is InChI=1S/C19H29N3O4S/c1-4-11-21(14-18(23)20-17-10-6-5-8-15(17)2)19(24)16-9-7-12-22(13-16)27(3,25)26/h5-6,8,10,16H,4,7,9,11-14H2,1-3H3,(H,20,23). The monoisotopic (exact) mass is 395 g/mol. The number of hydrogen-bond acceptors (Lipinski definition) is 4. The summed E-state index contributed by atoms with van der Waals surface area (Å²) in [6.45, 7) is 4.93. The Kier molecular flexibility index (Phi) is 7.38. The molecule has 0 bridgehead atoms. The third-order valence-electron chi connectivity index (χ3n) is 4.76. The van der Waals surface area contributed by atoms with Crippen molar-refractivity contribution in [3.8, 4) is 0 Å². The molecule has 2 amide bonds. The number of piperidine rings is 1. The van der Waals surface area contributed by atoms with E-state index in [9.17, 15) is 18.0 Å². The van der Waals surface area contributed by atoms with Gasteiger partial charge in [0.1, 0.15) is 0 Å². The molecule has 0 radical (unpaired) electrons. The SMILES string of the molecule is CCCN(CC(=O)Nc1ccccc1C)C(=O)C1CCCN(S(C)(=O)=O)C1. The minimum atomic E-state index is -3.32. The molecule has 0 aliphatic carbocycles. The van der Waals surface area contributed by atoms with Crippen LogP contribution in [0.1, 0.15) is 31.7 Å². The average molecular weight is 396 g/mol. The number of carbonyl (C=O) groups excluding carboxylic acids is 2. The van der Waals surface area contributed by atoms with Gasteiger partial charge >= 0.3 is 0 Å². The molecule has 1 fully saturated rings. The smallest absolute Gasteiger partial charge is 0.244 e. The molecule has 2 rings (SSSR count). The quantitative estimate of drug-likeness (QED) is 0.763. The highest BCUT2D eigenvalue weighted by Crippen LogP contribution is 2.21. The number of carbonyl (C=O) groups is 2. The lowest BCUT2D eigenvalue weighted by Crippen LogP contribution is -2.48. The van der Waals surface area contributed by atoms with Crippen molar-refractivity contribution < 1.29 is 18.0 Å². The first-order chi connectivity index (χ1) is 12.7. The minimum Gasteiger partial charge on any atom is -0.333 e. The predicted octanol–water partition coefficient (Wildman–Crippen LogP) is 1.84. The van der Waals surface area contributed by atoms with E-state index < -0.39 is 15.9 Å². The van der Waals surface area contributed by atoms with Crippen LogP contribution in [0, 0.1) is 12.8 Å². The highest BCUT2D eigenvalue weighted by atomic mass is 32.2. The fourth-order valence-electron chi connectivity index (χ4n) is 3.32. The maximum atomic E-state index is 12.9. The normalized spacial score (nSPS) is 18.1. The van der Waals surface area contributed by atoms with Gasteiger partial charge in [0.2, 0.25) is 21.8 Å². The molecule has 0 saturated carbocycles. The zero-order valence-electron chi connectivity index (χ0n) is 16.3. The Labute approximate surface area is 161 Å². The van der Waals surface area contributed by atoms with Crippen molar-refractivity contribution in [3.63, 3.8) is 0 Å². The van der Waals surface area contributed by atoms with Crippen LogP contribution in [0.25, 0.3) is 0 Å². The molecule has 0 spiro atoms. The molecular weight excluding hydrogens is 366 g/mol. The zero-order chi connectivity index (χ0) is 20.0. The van der Waals surface area contributed by atoms with Crippen molar-refractivity contribution in [1.82, 2.24) is 9.21 Å². The van der Waals surface area contributed by atoms with Crippen LogP contribution in [-0.4, -0.2) is 61.9 Å². The zero-order valence-corrected chi connectivity index (χ0v) is 17.1. The molecular formula is C19H29N3O4S. The van der Waals surface area contributed by atoms with Crippen LogP contribution in [-0.2, 0) is 19.6 Å². The van der Waals surface area contributed by atoms with Crippen molar-refractivity contribution in [1.29, 1.82) is 0 Å². The number of amides is 2. The van der Waals surface area contributed by atoms with Crippen molar-refractivity contribution in [3.05, 3.63) is 29.8 Å². The van der Waals surface area contributed by atoms with Gasteiger partial charge in [-0.15, -0.1) is 0 Å². The van der Waals surface area contributed by atoms with Crippen LogP contribution in [0.2, 0.25) is 0 Å². The summed E-state index contributed by atoms with van der Waals surface area (Å²) < 4.78 is 25.0. The number of aryl methyl sites for hydroxylation is 1. The Bertz CT molecular complexity index is 779. The summed E-state index contributed by atoms with van der Waals surface area (Å²) in [6.07, 6.45) is 3.19. The Morgan fingerprint density at radius 3 is 2.63 bits per heavy atom. The summed E-state index contributed by atoms with van der Waals surface area (Å²) in [5, 5.41) is 2.85. The van der Waals surface area contributed by atoms with Crippen molar-refractivity contribution in [2.24, 2.45) is 5.92 Å². The van der Waals surface area contributed by atoms with Gasteiger partial charge in [-0.1, -0.05) is 25.1 Å². The highest BCUT2D eigenvalue weighted by Gasteiger charge is 2.33. The first-order valence-electron chi connectivity index (χ1n) is 9.31. The number of sulfonamides is 1. The Morgan fingerprint density at radius 1 is 1.30 bits per heavy atom. The van der Waals surface area contributed by atoms with Gasteiger partial charge in [-0.2, -0.15) is 0 Å². The van der Waals surface area contributed by atoms with Gasteiger partial charge in [0.15, 0.2) is 0 Å². The molecule has 1 aliphatic rings. The van der Waals surface area contributed by atoms with E-state index in [1.165, 1.54) is 10.6 Å². The van der Waals surface area contributed by atoms with Gasteiger partial charge in [0.25, 0.3) is 0 Å². The average Bonchev–Trinajstić information content (AvgIpc) is 2.62. The van der Waals surface area contributed by atoms with Crippen LogP contribution in [0.5, 0.6) is 0 Å². The lowest BCUT2D eigenvalue weighted by atomic mass is 9.98. The number of hydrogen-bond donors (Lipinski definition) is 1. The van der Waals surface area contributed by atoms with E-state index in [0.29, 0.717) is 25.9 Å². The van der Waals surface area contributed by atoms with E-state index in [0.717, 1.165) is 17.7 Å². The second kappa shape index (κ2) is 9.32. The van der Waals surface area contributed by atoms with Crippen LogP contribution >= 0.6 is 0 Å². The highest BCUT2D eigenvalue weighted by molar-refractivity contribution is 7.88. The third-order valence-corrected chi connectivity index (χ3v) is 6.03. The van der Waals surface area contributed by atoms with E-state index in [-0.39, 0.29) is 24.9 Å². The number of benzene rings is 1. The first-order valence-corrected chi connectivity index (χ1v) is 11.2. The number of anilines is 1. The summed E-state index contributed by atoms with van der Waals surface area (Å²) in [7, 11) is -3.32. The molecule has 7 nitrogen and oxygen atoms in total. The van der Waals surface area contributed by atoms with Crippen LogP contribution in [0.15, 0.2) is 24.3 Å². The van der Waals surface area contributed by atoms with Crippen LogP contribution in [0.4, 0.5) is 5.69 Å². The predicted molar refractivity (Wildman–Crippen MR) is 106 cm³/mol. The van der Waals surface area contributed by atoms with E-state index in [2.05, 4.69) is 5.32 Å². The summed E-state index contributed by atoms with van der Waals surface area (Å²) in [4.78, 5) is 26.9. The lowest BCUT2D eigenvalue weighted by molar-refractivity contribution is -0.139. The summed E-state index contributed by atoms with van der Waals surface area (Å²) >= 11 is 0. The Morgan fingerprint density at radius 2 is 2.00 bits per heavy atom. The lowest BCUT2D eigenvalue weighted by Gasteiger charge is -2.33. The molecule has 1 N–H and O–H groups in total. The van der Waals surface area contributed by atoms with Gasteiger partial charge < -0.3 is 10.2 Å². The van der Waals surface area contributed by atoms with E-state index >= 15 is 0 Å². The first kappa shape index (κ1) is 21.4. The van der Waals surface area contributed by atoms with Crippen molar-refractivity contribution in [2.75, 3.05) is 37.8 Å². The molecule has 8 heteroatoms. The van der Waals surface area contributed by atoms with Crippen LogP contribution < -0.4 is 5.32 Å². The molecule has 150 valence electrons. The number of nitrogens with one attached hydrogen (secondary N) is 1. The largest absolute Gasteiger partial charge is 0.333 e. The molecule has 27 heavy (non-hydrogen) atoms. The van der Waals surface area contributed by atoms with Gasteiger partial charge in [-0.3, -0.25) is 9.59 Å². The molecule has 1 heterocycles. The fraction of sp³-hybridized carbons (Fsp3) is 0.579. The van der Waals surface area contributed by atoms with Gasteiger partial charge in [0, 0.05) is 25.3 Å². The molecule has 1 saturated heterocycles. The molecule has 1 aromatic carbocycles. The molecule has 1 aromatic rings. The van der Waals surface area contributed by atoms with Gasteiger partial charge in [-0.25, -0.2) is 12.7 Å². The number of rotatable bonds is 7. The minimum absolute atomic E-state index is 0.0314. The molecule has 1 aliphatic heterocycles. The third kappa shape index (κ3) is 6.04. The Hall–Kier alpha value is -1.93. The topological polar surface area (TPSA) is 86.8 Å². The van der Waals surface area contributed by atoms with Crippen LogP contribution in [0.3, 0.4) is 0 Å². The summed E-state index contributed by atoms with van der Waals surface area (Å²) in [5.41, 5.74) is 1.68. The maximum absolute atomic E-state index is 12.9. The van der Waals surface area contributed by atoms with E-state index in [1.807, 2.05) is 38.1 Å². The number of nitrogens with zero attached hydrogens (tertiary/aromatic N) is 2. The van der Waals surface area contributed by atoms with Gasteiger partial charge in [0.05, 0.1) is 18.7 Å². The molecule has 1 unspecified atom stereocenters. The van der Waals surface area contributed by atoms with E-state index in [1.54, 1.807) is 4.90 Å². The second-order valence-electron chi connectivity index (χ2n) is 7.08. The fourth-order valence-corrected chi connectivity index (χ4v) is 4.23. The van der Waals surface area contributed by atoms with Gasteiger partial charge in [-0.05, 0) is 37.8 Å². The second-order valence-corrected chi connectivity index (χ2v) is 9.07. The summed E-state index contributed by atoms with van der Waals surface area (Å²) in [6, 6.07) is 7.48. The Balaban J connectivity index is 2.04. The van der Waals surface area contributed by atoms with E-state index in [4.69, 9.17) is 0 Å². The van der Waals surface area contributed by atoms with Crippen molar-refractivity contribution in [2.45, 2.75) is 33.1 Å². The molecule has 0 aromatic heterocycles. The summed E-state index contributed by atoms with van der Waals surface area (Å²) in [5.74, 6) is -0.793. The molecule has 1 atom stereocenters. The maximum Gasteiger partial charge on any atom is 0.244 e. The van der Waals surface area contributed by atoms with Crippen molar-refractivity contribution >= 4 is 27.5 Å². The number of para-hydroxylation sites is 1.